The van der Waals surface area contributed by atoms with Gasteiger partial charge in [-0.05, 0) is 56.9 Å². The summed E-state index contributed by atoms with van der Waals surface area (Å²) >= 11 is 1.49. The Morgan fingerprint density at radius 3 is 2.55 bits per heavy atom. The molecule has 1 aliphatic rings. The third kappa shape index (κ3) is 4.56. The van der Waals surface area contributed by atoms with Gasteiger partial charge in [-0.25, -0.2) is 4.98 Å². The molecule has 0 bridgehead atoms. The minimum absolute atomic E-state index is 0.0854. The first-order valence-electron chi connectivity index (χ1n) is 10.5. The van der Waals surface area contributed by atoms with Crippen molar-refractivity contribution < 1.29 is 14.3 Å². The molecule has 4 rings (SSSR count). The molecule has 0 saturated carbocycles. The van der Waals surface area contributed by atoms with Crippen LogP contribution in [0, 0.1) is 0 Å². The van der Waals surface area contributed by atoms with Crippen molar-refractivity contribution in [3.63, 3.8) is 0 Å². The highest BCUT2D eigenvalue weighted by molar-refractivity contribution is 8.00. The van der Waals surface area contributed by atoms with Gasteiger partial charge in [0.1, 0.15) is 0 Å². The van der Waals surface area contributed by atoms with E-state index in [4.69, 9.17) is 14.5 Å². The Balaban J connectivity index is 1.55. The number of aromatic nitrogens is 2. The van der Waals surface area contributed by atoms with Gasteiger partial charge < -0.3 is 14.8 Å². The summed E-state index contributed by atoms with van der Waals surface area (Å²) in [5, 5.41) is 3.53. The first kappa shape index (κ1) is 21.3. The second-order valence-electron chi connectivity index (χ2n) is 7.48. The third-order valence-electron chi connectivity index (χ3n) is 5.42. The van der Waals surface area contributed by atoms with Crippen LogP contribution in [-0.2, 0) is 17.6 Å². The van der Waals surface area contributed by atoms with Crippen LogP contribution in [0.15, 0.2) is 53.7 Å². The van der Waals surface area contributed by atoms with Crippen molar-refractivity contribution in [2.45, 2.75) is 43.0 Å². The normalized spacial score (nSPS) is 13.9. The number of thioether (sulfide) groups is 1. The van der Waals surface area contributed by atoms with Crippen LogP contribution in [0.4, 0.5) is 5.69 Å². The van der Waals surface area contributed by atoms with Crippen molar-refractivity contribution in [2.75, 3.05) is 19.5 Å². The predicted octanol–water partition coefficient (Wildman–Crippen LogP) is 4.89. The van der Waals surface area contributed by atoms with E-state index < -0.39 is 0 Å². The molecule has 1 amide bonds. The number of rotatable bonds is 7. The topological polar surface area (TPSA) is 65.4 Å². The number of fused-ring (bicyclic) bond motifs is 1. The number of benzene rings is 2. The van der Waals surface area contributed by atoms with Crippen molar-refractivity contribution >= 4 is 23.4 Å². The maximum absolute atomic E-state index is 12.9. The fourth-order valence-corrected chi connectivity index (χ4v) is 4.77. The molecule has 7 heteroatoms. The molecule has 0 spiro atoms. The number of carbonyl (C=O) groups is 1. The lowest BCUT2D eigenvalue weighted by Crippen LogP contribution is -2.23. The number of aryl methyl sites for hydroxylation is 1. The van der Waals surface area contributed by atoms with Crippen molar-refractivity contribution in [2.24, 2.45) is 0 Å². The molecule has 2 aromatic carbocycles. The molecule has 162 valence electrons. The maximum Gasteiger partial charge on any atom is 0.237 e. The Bertz CT molecular complexity index is 1070. The van der Waals surface area contributed by atoms with Crippen LogP contribution in [0.1, 0.15) is 31.2 Å². The van der Waals surface area contributed by atoms with Crippen LogP contribution in [0.3, 0.4) is 0 Å². The van der Waals surface area contributed by atoms with Crippen LogP contribution in [0.5, 0.6) is 11.5 Å². The van der Waals surface area contributed by atoms with E-state index in [-0.39, 0.29) is 11.2 Å². The van der Waals surface area contributed by atoms with E-state index in [9.17, 15) is 4.79 Å². The second kappa shape index (κ2) is 9.47. The SMILES string of the molecule is COc1ccc(NC(=O)C(C)Sc2nc3c(n2-c2ccccc2)CCCC3)cc1OC. The third-order valence-corrected chi connectivity index (χ3v) is 6.47. The van der Waals surface area contributed by atoms with Crippen molar-refractivity contribution in [1.82, 2.24) is 9.55 Å². The van der Waals surface area contributed by atoms with Gasteiger partial charge in [-0.15, -0.1) is 0 Å². The zero-order valence-corrected chi connectivity index (χ0v) is 18.9. The van der Waals surface area contributed by atoms with Crippen LogP contribution in [-0.4, -0.2) is 34.9 Å². The number of anilines is 1. The average molecular weight is 438 g/mol. The highest BCUT2D eigenvalue weighted by atomic mass is 32.2. The molecule has 31 heavy (non-hydrogen) atoms. The molecule has 1 unspecified atom stereocenters. The van der Waals surface area contributed by atoms with E-state index >= 15 is 0 Å². The Labute approximate surface area is 187 Å². The average Bonchev–Trinajstić information content (AvgIpc) is 3.17. The quantitative estimate of drug-likeness (QED) is 0.533. The van der Waals surface area contributed by atoms with Crippen LogP contribution in [0.2, 0.25) is 0 Å². The number of hydrogen-bond donors (Lipinski definition) is 1. The number of methoxy groups -OCH3 is 2. The Kier molecular flexibility index (Phi) is 6.51. The predicted molar refractivity (Wildman–Crippen MR) is 124 cm³/mol. The molecular formula is C24H27N3O3S. The summed E-state index contributed by atoms with van der Waals surface area (Å²) in [5.74, 6) is 1.11. The number of amides is 1. The number of carbonyl (C=O) groups excluding carboxylic acids is 1. The summed E-state index contributed by atoms with van der Waals surface area (Å²) in [6.45, 7) is 1.91. The largest absolute Gasteiger partial charge is 0.493 e. The van der Waals surface area contributed by atoms with Crippen LogP contribution >= 0.6 is 11.8 Å². The minimum Gasteiger partial charge on any atom is -0.493 e. The van der Waals surface area contributed by atoms with Crippen LogP contribution < -0.4 is 14.8 Å². The molecule has 0 fully saturated rings. The number of para-hydroxylation sites is 1. The van der Waals surface area contributed by atoms with Gasteiger partial charge in [-0.2, -0.15) is 0 Å². The van der Waals surface area contributed by atoms with Crippen molar-refractivity contribution in [3.8, 4) is 17.2 Å². The zero-order chi connectivity index (χ0) is 21.8. The maximum atomic E-state index is 12.9. The molecule has 1 aromatic heterocycles. The molecule has 3 aromatic rings. The first-order valence-corrected chi connectivity index (χ1v) is 11.3. The summed E-state index contributed by atoms with van der Waals surface area (Å²) in [4.78, 5) is 17.8. The summed E-state index contributed by atoms with van der Waals surface area (Å²) in [5.41, 5.74) is 4.19. The van der Waals surface area contributed by atoms with E-state index in [0.717, 1.165) is 35.8 Å². The standard InChI is InChI=1S/C24H27N3O3S/c1-16(23(28)25-17-13-14-21(29-2)22(15-17)30-3)31-24-26-19-11-7-8-12-20(19)27(24)18-9-5-4-6-10-18/h4-6,9-10,13-16H,7-8,11-12H2,1-3H3,(H,25,28). The van der Waals surface area contributed by atoms with Gasteiger partial charge >= 0.3 is 0 Å². The van der Waals surface area contributed by atoms with Gasteiger partial charge in [-0.1, -0.05) is 30.0 Å². The smallest absolute Gasteiger partial charge is 0.237 e. The van der Waals surface area contributed by atoms with Crippen molar-refractivity contribution in [1.29, 1.82) is 0 Å². The summed E-state index contributed by atoms with van der Waals surface area (Å²) < 4.78 is 12.8. The Morgan fingerprint density at radius 1 is 1.06 bits per heavy atom. The van der Waals surface area contributed by atoms with Crippen molar-refractivity contribution in [3.05, 3.63) is 59.9 Å². The molecule has 1 atom stereocenters. The lowest BCUT2D eigenvalue weighted by atomic mass is 10.0. The lowest BCUT2D eigenvalue weighted by molar-refractivity contribution is -0.115. The van der Waals surface area contributed by atoms with E-state index in [0.29, 0.717) is 17.2 Å². The summed E-state index contributed by atoms with van der Waals surface area (Å²) in [7, 11) is 3.16. The summed E-state index contributed by atoms with van der Waals surface area (Å²) in [6, 6.07) is 15.6. The van der Waals surface area contributed by atoms with Gasteiger partial charge in [-0.3, -0.25) is 9.36 Å². The van der Waals surface area contributed by atoms with E-state index in [1.165, 1.54) is 23.9 Å². The molecule has 1 N–H and O–H groups in total. The molecule has 1 heterocycles. The number of nitrogens with zero attached hydrogens (tertiary/aromatic N) is 2. The number of nitrogens with one attached hydrogen (secondary N) is 1. The molecule has 0 aliphatic heterocycles. The second-order valence-corrected chi connectivity index (χ2v) is 8.79. The number of hydrogen-bond acceptors (Lipinski definition) is 5. The Morgan fingerprint density at radius 2 is 1.81 bits per heavy atom. The van der Waals surface area contributed by atoms with Gasteiger partial charge in [0.15, 0.2) is 16.7 Å². The van der Waals surface area contributed by atoms with E-state index in [2.05, 4.69) is 22.0 Å². The fourth-order valence-electron chi connectivity index (χ4n) is 3.81. The molecule has 0 saturated heterocycles. The van der Waals surface area contributed by atoms with E-state index in [1.807, 2.05) is 25.1 Å². The van der Waals surface area contributed by atoms with Gasteiger partial charge in [0.2, 0.25) is 5.91 Å². The minimum atomic E-state index is -0.320. The molecule has 0 radical (unpaired) electrons. The van der Waals surface area contributed by atoms with Gasteiger partial charge in [0.25, 0.3) is 0 Å². The Hall–Kier alpha value is -2.93. The highest BCUT2D eigenvalue weighted by Gasteiger charge is 2.25. The monoisotopic (exact) mass is 437 g/mol. The highest BCUT2D eigenvalue weighted by Crippen LogP contribution is 2.34. The number of imidazole rings is 1. The van der Waals surface area contributed by atoms with E-state index in [1.54, 1.807) is 32.4 Å². The zero-order valence-electron chi connectivity index (χ0n) is 18.1. The molecular weight excluding hydrogens is 410 g/mol. The summed E-state index contributed by atoms with van der Waals surface area (Å²) in [6.07, 6.45) is 4.35. The van der Waals surface area contributed by atoms with Crippen LogP contribution in [0.25, 0.3) is 5.69 Å². The lowest BCUT2D eigenvalue weighted by Gasteiger charge is -2.17. The van der Waals surface area contributed by atoms with Gasteiger partial charge in [0, 0.05) is 23.1 Å². The van der Waals surface area contributed by atoms with Gasteiger partial charge in [0.05, 0.1) is 25.2 Å². The first-order chi connectivity index (χ1) is 15.1. The fraction of sp³-hybridized carbons (Fsp3) is 0.333. The molecule has 1 aliphatic carbocycles. The molecule has 6 nitrogen and oxygen atoms in total. The number of ether oxygens (including phenoxy) is 2.